The molecule has 116 valence electrons. The van der Waals surface area contributed by atoms with Crippen molar-refractivity contribution in [2.75, 3.05) is 11.6 Å². The molecular weight excluding hydrogens is 348 g/mol. The normalized spacial score (nSPS) is 10.5. The van der Waals surface area contributed by atoms with Crippen LogP contribution in [0.2, 0.25) is 5.02 Å². The third-order valence-electron chi connectivity index (χ3n) is 3.22. The number of thioether (sulfide) groups is 1. The minimum atomic E-state index is -0.146. The average molecular weight is 361 g/mol. The molecule has 3 rings (SSSR count). The van der Waals surface area contributed by atoms with E-state index in [1.807, 2.05) is 60.2 Å². The molecule has 0 radical (unpaired) electrons. The molecule has 0 saturated heterocycles. The van der Waals surface area contributed by atoms with Gasteiger partial charge in [-0.15, -0.1) is 23.1 Å². The Kier molecular flexibility index (Phi) is 5.00. The SMILES string of the molecule is CSc1ccccc1C(=O)Nc1nc(-c2ccc(Cl)cc2)cs1. The quantitative estimate of drug-likeness (QED) is 0.630. The Bertz CT molecular complexity index is 831. The molecule has 23 heavy (non-hydrogen) atoms. The monoisotopic (exact) mass is 360 g/mol. The number of benzene rings is 2. The van der Waals surface area contributed by atoms with E-state index in [0.717, 1.165) is 16.2 Å². The fraction of sp³-hybridized carbons (Fsp3) is 0.0588. The van der Waals surface area contributed by atoms with E-state index in [0.29, 0.717) is 15.7 Å². The van der Waals surface area contributed by atoms with Crippen LogP contribution in [-0.4, -0.2) is 17.1 Å². The molecule has 0 atom stereocenters. The highest BCUT2D eigenvalue weighted by Crippen LogP contribution is 2.27. The number of carbonyl (C=O) groups is 1. The Labute approximate surface area is 147 Å². The molecule has 0 aliphatic heterocycles. The maximum Gasteiger partial charge on any atom is 0.258 e. The Morgan fingerprint density at radius 2 is 1.91 bits per heavy atom. The molecule has 0 saturated carbocycles. The van der Waals surface area contributed by atoms with Gasteiger partial charge in [0, 0.05) is 20.9 Å². The average Bonchev–Trinajstić information content (AvgIpc) is 3.04. The summed E-state index contributed by atoms with van der Waals surface area (Å²) < 4.78 is 0. The number of anilines is 1. The predicted molar refractivity (Wildman–Crippen MR) is 98.7 cm³/mol. The summed E-state index contributed by atoms with van der Waals surface area (Å²) in [6, 6.07) is 15.0. The molecule has 3 nitrogen and oxygen atoms in total. The van der Waals surface area contributed by atoms with Crippen molar-refractivity contribution >= 4 is 45.7 Å². The van der Waals surface area contributed by atoms with Crippen LogP contribution in [0.4, 0.5) is 5.13 Å². The summed E-state index contributed by atoms with van der Waals surface area (Å²) in [5.41, 5.74) is 2.44. The highest BCUT2D eigenvalue weighted by Gasteiger charge is 2.13. The van der Waals surface area contributed by atoms with Crippen LogP contribution in [0.5, 0.6) is 0 Å². The third-order valence-corrected chi connectivity index (χ3v) is 5.02. The highest BCUT2D eigenvalue weighted by atomic mass is 35.5. The molecule has 0 aliphatic rings. The Morgan fingerprint density at radius 1 is 1.17 bits per heavy atom. The minimum absolute atomic E-state index is 0.146. The lowest BCUT2D eigenvalue weighted by Crippen LogP contribution is -2.12. The van der Waals surface area contributed by atoms with Gasteiger partial charge in [-0.3, -0.25) is 10.1 Å². The summed E-state index contributed by atoms with van der Waals surface area (Å²) in [6.07, 6.45) is 1.95. The molecule has 1 aromatic heterocycles. The molecule has 3 aromatic rings. The predicted octanol–water partition coefficient (Wildman–Crippen LogP) is 5.44. The summed E-state index contributed by atoms with van der Waals surface area (Å²) in [7, 11) is 0. The third kappa shape index (κ3) is 3.75. The Hall–Kier alpha value is -1.82. The molecular formula is C17H13ClN2OS2. The van der Waals surface area contributed by atoms with Crippen LogP contribution in [0, 0.1) is 0 Å². The zero-order chi connectivity index (χ0) is 16.2. The van der Waals surface area contributed by atoms with Crippen molar-refractivity contribution in [2.45, 2.75) is 4.90 Å². The molecule has 0 unspecified atom stereocenters. The van der Waals surface area contributed by atoms with Crippen LogP contribution in [0.25, 0.3) is 11.3 Å². The Balaban J connectivity index is 1.79. The van der Waals surface area contributed by atoms with Gasteiger partial charge in [-0.1, -0.05) is 35.9 Å². The van der Waals surface area contributed by atoms with Crippen molar-refractivity contribution in [2.24, 2.45) is 0 Å². The largest absolute Gasteiger partial charge is 0.298 e. The van der Waals surface area contributed by atoms with Crippen LogP contribution >= 0.6 is 34.7 Å². The van der Waals surface area contributed by atoms with Gasteiger partial charge in [0.15, 0.2) is 5.13 Å². The van der Waals surface area contributed by atoms with E-state index in [1.54, 1.807) is 11.8 Å². The number of aromatic nitrogens is 1. The van der Waals surface area contributed by atoms with Gasteiger partial charge in [0.1, 0.15) is 0 Å². The van der Waals surface area contributed by atoms with Crippen LogP contribution in [0.1, 0.15) is 10.4 Å². The van der Waals surface area contributed by atoms with Crippen molar-refractivity contribution in [1.82, 2.24) is 4.98 Å². The number of hydrogen-bond acceptors (Lipinski definition) is 4. The summed E-state index contributed by atoms with van der Waals surface area (Å²) in [5.74, 6) is -0.146. The van der Waals surface area contributed by atoms with Gasteiger partial charge >= 0.3 is 0 Å². The lowest BCUT2D eigenvalue weighted by atomic mass is 10.2. The molecule has 0 aliphatic carbocycles. The number of nitrogens with one attached hydrogen (secondary N) is 1. The second-order valence-electron chi connectivity index (χ2n) is 4.70. The highest BCUT2D eigenvalue weighted by molar-refractivity contribution is 7.98. The maximum absolute atomic E-state index is 12.4. The van der Waals surface area contributed by atoms with Crippen molar-refractivity contribution in [1.29, 1.82) is 0 Å². The first-order valence-corrected chi connectivity index (χ1v) is 9.31. The van der Waals surface area contributed by atoms with Crippen LogP contribution in [0.3, 0.4) is 0 Å². The van der Waals surface area contributed by atoms with Gasteiger partial charge in [-0.2, -0.15) is 0 Å². The van der Waals surface area contributed by atoms with Crippen molar-refractivity contribution < 1.29 is 4.79 Å². The first-order chi connectivity index (χ1) is 11.2. The van der Waals surface area contributed by atoms with Crippen LogP contribution in [0.15, 0.2) is 58.8 Å². The second-order valence-corrected chi connectivity index (χ2v) is 6.84. The summed E-state index contributed by atoms with van der Waals surface area (Å²) in [6.45, 7) is 0. The van der Waals surface area contributed by atoms with E-state index >= 15 is 0 Å². The van der Waals surface area contributed by atoms with Crippen LogP contribution in [-0.2, 0) is 0 Å². The van der Waals surface area contributed by atoms with E-state index in [9.17, 15) is 4.79 Å². The fourth-order valence-corrected chi connectivity index (χ4v) is 3.52. The van der Waals surface area contributed by atoms with Crippen molar-refractivity contribution in [3.05, 3.63) is 64.5 Å². The molecule has 0 fully saturated rings. The molecule has 0 bridgehead atoms. The fourth-order valence-electron chi connectivity index (χ4n) is 2.08. The van der Waals surface area contributed by atoms with Gasteiger partial charge in [0.25, 0.3) is 5.91 Å². The van der Waals surface area contributed by atoms with Crippen LogP contribution < -0.4 is 5.32 Å². The lowest BCUT2D eigenvalue weighted by molar-refractivity contribution is 0.102. The molecule has 1 amide bonds. The Morgan fingerprint density at radius 3 is 2.65 bits per heavy atom. The summed E-state index contributed by atoms with van der Waals surface area (Å²) in [4.78, 5) is 17.8. The zero-order valence-electron chi connectivity index (χ0n) is 12.2. The topological polar surface area (TPSA) is 42.0 Å². The number of rotatable bonds is 4. The molecule has 6 heteroatoms. The smallest absolute Gasteiger partial charge is 0.258 e. The number of thiazole rings is 1. The van der Waals surface area contributed by atoms with Gasteiger partial charge in [-0.05, 0) is 30.5 Å². The zero-order valence-corrected chi connectivity index (χ0v) is 14.6. The van der Waals surface area contributed by atoms with Crippen molar-refractivity contribution in [3.8, 4) is 11.3 Å². The number of hydrogen-bond donors (Lipinski definition) is 1. The maximum atomic E-state index is 12.4. The summed E-state index contributed by atoms with van der Waals surface area (Å²) in [5, 5.41) is 6.05. The number of halogens is 1. The van der Waals surface area contributed by atoms with Gasteiger partial charge in [-0.25, -0.2) is 4.98 Å². The van der Waals surface area contributed by atoms with Gasteiger partial charge in [0.2, 0.25) is 0 Å². The van der Waals surface area contributed by atoms with E-state index in [2.05, 4.69) is 10.3 Å². The minimum Gasteiger partial charge on any atom is -0.298 e. The number of nitrogens with zero attached hydrogens (tertiary/aromatic N) is 1. The van der Waals surface area contributed by atoms with E-state index in [-0.39, 0.29) is 5.91 Å². The standard InChI is InChI=1S/C17H13ClN2OS2/c1-22-15-5-3-2-4-13(15)16(21)20-17-19-14(10-23-17)11-6-8-12(18)9-7-11/h2-10H,1H3,(H,19,20,21). The molecule has 1 heterocycles. The molecule has 2 aromatic carbocycles. The molecule has 1 N–H and O–H groups in total. The number of amides is 1. The van der Waals surface area contributed by atoms with E-state index in [4.69, 9.17) is 11.6 Å². The lowest BCUT2D eigenvalue weighted by Gasteiger charge is -2.06. The van der Waals surface area contributed by atoms with E-state index < -0.39 is 0 Å². The second kappa shape index (κ2) is 7.17. The first-order valence-electron chi connectivity index (χ1n) is 6.83. The molecule has 0 spiro atoms. The van der Waals surface area contributed by atoms with Crippen molar-refractivity contribution in [3.63, 3.8) is 0 Å². The summed E-state index contributed by atoms with van der Waals surface area (Å²) >= 11 is 8.84. The van der Waals surface area contributed by atoms with E-state index in [1.165, 1.54) is 11.3 Å². The van der Waals surface area contributed by atoms with Gasteiger partial charge < -0.3 is 0 Å². The first kappa shape index (κ1) is 16.1. The van der Waals surface area contributed by atoms with Gasteiger partial charge in [0.05, 0.1) is 11.3 Å². The number of carbonyl (C=O) groups excluding carboxylic acids is 1.